The normalized spacial score (nSPS) is 20.9. The first-order chi connectivity index (χ1) is 16.4. The van der Waals surface area contributed by atoms with Crippen molar-refractivity contribution >= 4 is 11.8 Å². The first-order valence-corrected chi connectivity index (χ1v) is 11.9. The zero-order chi connectivity index (χ0) is 24.1. The Balaban J connectivity index is 1.55. The Morgan fingerprint density at radius 3 is 2.59 bits per heavy atom. The number of halogens is 1. The highest BCUT2D eigenvalue weighted by molar-refractivity contribution is 5.96. The molecule has 34 heavy (non-hydrogen) atoms. The van der Waals surface area contributed by atoms with Gasteiger partial charge in [0, 0.05) is 38.0 Å². The van der Waals surface area contributed by atoms with Gasteiger partial charge in [-0.3, -0.25) is 9.59 Å². The Labute approximate surface area is 199 Å². The molecule has 2 aliphatic heterocycles. The summed E-state index contributed by atoms with van der Waals surface area (Å²) in [4.78, 5) is 30.3. The summed E-state index contributed by atoms with van der Waals surface area (Å²) < 4.78 is 30.0. The molecule has 0 bridgehead atoms. The standard InChI is InChI=1S/C25H32FN3O5/c1-3-21-23(18(2)34-27-21)24(31)29-10-4-9-25(16-29,15-22(30)28-11-13-32-14-12-28)17-33-20-7-5-19(26)6-8-20/h5-8H,3-4,9-17H2,1-2H3/t25-/m1/s1. The topological polar surface area (TPSA) is 85.1 Å². The van der Waals surface area contributed by atoms with E-state index in [0.717, 1.165) is 12.8 Å². The van der Waals surface area contributed by atoms with Crippen molar-refractivity contribution in [2.24, 2.45) is 5.41 Å². The van der Waals surface area contributed by atoms with Crippen LogP contribution in [0.3, 0.4) is 0 Å². The molecular weight excluding hydrogens is 441 g/mol. The first kappa shape index (κ1) is 24.2. The molecule has 2 fully saturated rings. The van der Waals surface area contributed by atoms with Gasteiger partial charge in [-0.15, -0.1) is 0 Å². The minimum atomic E-state index is -0.560. The number of hydrogen-bond acceptors (Lipinski definition) is 6. The highest BCUT2D eigenvalue weighted by Gasteiger charge is 2.42. The molecule has 1 aromatic carbocycles. The van der Waals surface area contributed by atoms with Crippen molar-refractivity contribution in [3.63, 3.8) is 0 Å². The molecule has 0 saturated carbocycles. The van der Waals surface area contributed by atoms with Gasteiger partial charge in [0.2, 0.25) is 5.91 Å². The number of aromatic nitrogens is 1. The van der Waals surface area contributed by atoms with E-state index in [4.69, 9.17) is 14.0 Å². The van der Waals surface area contributed by atoms with Crippen LogP contribution < -0.4 is 4.74 Å². The van der Waals surface area contributed by atoms with Gasteiger partial charge in [-0.2, -0.15) is 0 Å². The molecule has 0 radical (unpaired) electrons. The van der Waals surface area contributed by atoms with E-state index in [-0.39, 0.29) is 30.7 Å². The number of morpholine rings is 1. The molecule has 2 aliphatic rings. The van der Waals surface area contributed by atoms with Crippen LogP contribution in [0.2, 0.25) is 0 Å². The van der Waals surface area contributed by atoms with Gasteiger partial charge >= 0.3 is 0 Å². The molecule has 3 heterocycles. The molecule has 1 atom stereocenters. The van der Waals surface area contributed by atoms with E-state index in [1.165, 1.54) is 12.1 Å². The van der Waals surface area contributed by atoms with E-state index in [9.17, 15) is 14.0 Å². The van der Waals surface area contributed by atoms with Crippen LogP contribution in [0.5, 0.6) is 5.75 Å². The molecule has 0 unspecified atom stereocenters. The van der Waals surface area contributed by atoms with Crippen LogP contribution in [0.15, 0.2) is 28.8 Å². The second-order valence-electron chi connectivity index (χ2n) is 9.16. The average molecular weight is 474 g/mol. The molecule has 2 saturated heterocycles. The van der Waals surface area contributed by atoms with E-state index in [2.05, 4.69) is 5.16 Å². The second-order valence-corrected chi connectivity index (χ2v) is 9.16. The van der Waals surface area contributed by atoms with Gasteiger partial charge in [0.1, 0.15) is 22.9 Å². The molecule has 9 heteroatoms. The number of likely N-dealkylation sites (tertiary alicyclic amines) is 1. The maximum absolute atomic E-state index is 13.5. The zero-order valence-electron chi connectivity index (χ0n) is 19.8. The van der Waals surface area contributed by atoms with Crippen molar-refractivity contribution < 1.29 is 28.0 Å². The quantitative estimate of drug-likeness (QED) is 0.614. The van der Waals surface area contributed by atoms with Crippen molar-refractivity contribution in [2.45, 2.75) is 39.5 Å². The summed E-state index contributed by atoms with van der Waals surface area (Å²) in [6.07, 6.45) is 2.36. The van der Waals surface area contributed by atoms with Crippen LogP contribution in [0.25, 0.3) is 0 Å². The maximum atomic E-state index is 13.5. The number of aryl methyl sites for hydroxylation is 2. The molecule has 2 aromatic rings. The Bertz CT molecular complexity index is 1000. The largest absolute Gasteiger partial charge is 0.493 e. The number of benzene rings is 1. The lowest BCUT2D eigenvalue weighted by Crippen LogP contribution is -2.52. The van der Waals surface area contributed by atoms with Crippen LogP contribution in [-0.2, 0) is 16.0 Å². The average Bonchev–Trinajstić information content (AvgIpc) is 3.24. The number of carbonyl (C=O) groups is 2. The third kappa shape index (κ3) is 5.41. The second kappa shape index (κ2) is 10.5. The summed E-state index contributed by atoms with van der Waals surface area (Å²) in [5.41, 5.74) is 0.595. The summed E-state index contributed by atoms with van der Waals surface area (Å²) in [6, 6.07) is 5.84. The highest BCUT2D eigenvalue weighted by atomic mass is 19.1. The van der Waals surface area contributed by atoms with Gasteiger partial charge in [0.25, 0.3) is 5.91 Å². The minimum absolute atomic E-state index is 0.0377. The first-order valence-electron chi connectivity index (χ1n) is 11.9. The molecule has 184 valence electrons. The summed E-state index contributed by atoms with van der Waals surface area (Å²) in [7, 11) is 0. The summed E-state index contributed by atoms with van der Waals surface area (Å²) >= 11 is 0. The van der Waals surface area contributed by atoms with E-state index in [1.807, 2.05) is 11.8 Å². The van der Waals surface area contributed by atoms with Gasteiger partial charge in [-0.1, -0.05) is 12.1 Å². The number of hydrogen-bond donors (Lipinski definition) is 0. The lowest BCUT2D eigenvalue weighted by Gasteiger charge is -2.43. The number of nitrogens with zero attached hydrogens (tertiary/aromatic N) is 3. The lowest BCUT2D eigenvalue weighted by molar-refractivity contribution is -0.139. The molecular formula is C25H32FN3O5. The number of amides is 2. The molecule has 1 aromatic heterocycles. The third-order valence-corrected chi connectivity index (χ3v) is 6.68. The third-order valence-electron chi connectivity index (χ3n) is 6.68. The molecule has 0 aliphatic carbocycles. The number of ether oxygens (including phenoxy) is 2. The van der Waals surface area contributed by atoms with E-state index in [1.54, 1.807) is 24.0 Å². The monoisotopic (exact) mass is 473 g/mol. The Morgan fingerprint density at radius 2 is 1.88 bits per heavy atom. The fourth-order valence-electron chi connectivity index (χ4n) is 4.80. The van der Waals surface area contributed by atoms with E-state index >= 15 is 0 Å². The Morgan fingerprint density at radius 1 is 1.15 bits per heavy atom. The summed E-state index contributed by atoms with van der Waals surface area (Å²) in [5.74, 6) is 0.613. The van der Waals surface area contributed by atoms with Crippen molar-refractivity contribution in [1.29, 1.82) is 0 Å². The zero-order valence-corrected chi connectivity index (χ0v) is 19.8. The SMILES string of the molecule is CCc1noc(C)c1C(=O)N1CCC[C@@](COc2ccc(F)cc2)(CC(=O)N2CCOCC2)C1. The van der Waals surface area contributed by atoms with Crippen LogP contribution in [0.1, 0.15) is 48.0 Å². The lowest BCUT2D eigenvalue weighted by atomic mass is 9.77. The Kier molecular flexibility index (Phi) is 7.50. The predicted octanol–water partition coefficient (Wildman–Crippen LogP) is 3.23. The van der Waals surface area contributed by atoms with Gasteiger partial charge in [0.05, 0.1) is 25.5 Å². The Hall–Kier alpha value is -2.94. The summed E-state index contributed by atoms with van der Waals surface area (Å²) in [5, 5.41) is 4.03. The molecule has 4 rings (SSSR count). The number of piperidine rings is 1. The summed E-state index contributed by atoms with van der Waals surface area (Å²) in [6.45, 7) is 7.10. The molecule has 2 amide bonds. The van der Waals surface area contributed by atoms with E-state index in [0.29, 0.717) is 68.6 Å². The maximum Gasteiger partial charge on any atom is 0.259 e. The van der Waals surface area contributed by atoms with Crippen LogP contribution in [0.4, 0.5) is 4.39 Å². The molecule has 0 spiro atoms. The fraction of sp³-hybridized carbons (Fsp3) is 0.560. The van der Waals surface area contributed by atoms with Gasteiger partial charge in [0.15, 0.2) is 0 Å². The number of rotatable bonds is 7. The van der Waals surface area contributed by atoms with Crippen molar-refractivity contribution in [1.82, 2.24) is 15.0 Å². The van der Waals surface area contributed by atoms with Crippen LogP contribution in [-0.4, -0.2) is 72.8 Å². The molecule has 8 nitrogen and oxygen atoms in total. The van der Waals surface area contributed by atoms with Crippen molar-refractivity contribution in [2.75, 3.05) is 46.0 Å². The van der Waals surface area contributed by atoms with E-state index < -0.39 is 5.41 Å². The van der Waals surface area contributed by atoms with Crippen molar-refractivity contribution in [3.8, 4) is 5.75 Å². The van der Waals surface area contributed by atoms with Gasteiger partial charge in [-0.05, 0) is 50.5 Å². The van der Waals surface area contributed by atoms with Gasteiger partial charge in [-0.25, -0.2) is 4.39 Å². The van der Waals surface area contributed by atoms with Crippen LogP contribution in [0, 0.1) is 18.2 Å². The fourth-order valence-corrected chi connectivity index (χ4v) is 4.80. The van der Waals surface area contributed by atoms with Crippen LogP contribution >= 0.6 is 0 Å². The predicted molar refractivity (Wildman–Crippen MR) is 122 cm³/mol. The smallest absolute Gasteiger partial charge is 0.259 e. The highest BCUT2D eigenvalue weighted by Crippen LogP contribution is 2.36. The minimum Gasteiger partial charge on any atom is -0.493 e. The molecule has 0 N–H and O–H groups in total. The van der Waals surface area contributed by atoms with Crippen molar-refractivity contribution in [3.05, 3.63) is 47.1 Å². The van der Waals surface area contributed by atoms with Gasteiger partial charge < -0.3 is 23.8 Å². The number of carbonyl (C=O) groups excluding carboxylic acids is 2.